The summed E-state index contributed by atoms with van der Waals surface area (Å²) in [5.74, 6) is -0.913. The molecule has 7 nitrogen and oxygen atoms in total. The monoisotopic (exact) mass is 476 g/mol. The first-order valence-electron chi connectivity index (χ1n) is 10.7. The maximum atomic E-state index is 13.5. The molecule has 8 heteroatoms. The first-order chi connectivity index (χ1) is 16.4. The predicted octanol–water partition coefficient (Wildman–Crippen LogP) is 2.91. The second-order valence-corrected chi connectivity index (χ2v) is 9.97. The maximum absolute atomic E-state index is 13.5. The lowest BCUT2D eigenvalue weighted by atomic mass is 10.1. The van der Waals surface area contributed by atoms with Gasteiger partial charge in [-0.05, 0) is 29.8 Å². The van der Waals surface area contributed by atoms with Crippen LogP contribution in [-0.4, -0.2) is 49.7 Å². The average molecular weight is 477 g/mol. The Hall–Kier alpha value is -3.91. The summed E-state index contributed by atoms with van der Waals surface area (Å²) in [6.07, 6.45) is 3.64. The predicted molar refractivity (Wildman–Crippen MR) is 128 cm³/mol. The summed E-state index contributed by atoms with van der Waals surface area (Å²) in [6.45, 7) is -0.368. The molecule has 1 heterocycles. The molecule has 0 aromatic heterocycles. The quantitative estimate of drug-likeness (QED) is 0.480. The minimum absolute atomic E-state index is 0.0351. The summed E-state index contributed by atoms with van der Waals surface area (Å²) in [6, 6.07) is 25.9. The van der Waals surface area contributed by atoms with Gasteiger partial charge in [0, 0.05) is 6.54 Å². The Balaban J connectivity index is 1.51. The lowest BCUT2D eigenvalue weighted by Gasteiger charge is -2.47. The molecule has 1 aliphatic rings. The number of carbonyl (C=O) groups is 2. The summed E-state index contributed by atoms with van der Waals surface area (Å²) < 4.78 is 32.4. The van der Waals surface area contributed by atoms with E-state index in [4.69, 9.17) is 4.74 Å². The highest BCUT2D eigenvalue weighted by atomic mass is 32.2. The van der Waals surface area contributed by atoms with E-state index in [-0.39, 0.29) is 18.0 Å². The number of nitrogens with one attached hydrogen (secondary N) is 1. The molecule has 174 valence electrons. The van der Waals surface area contributed by atoms with E-state index in [2.05, 4.69) is 5.32 Å². The zero-order valence-electron chi connectivity index (χ0n) is 18.3. The lowest BCUT2D eigenvalue weighted by Crippen LogP contribution is -2.77. The number of hydrogen-bond acceptors (Lipinski definition) is 5. The van der Waals surface area contributed by atoms with Crippen molar-refractivity contribution in [3.05, 3.63) is 103 Å². The molecule has 1 N–H and O–H groups in total. The Kier molecular flexibility index (Phi) is 6.79. The number of β-lactam (4-membered cyclic amide) rings is 1. The van der Waals surface area contributed by atoms with Crippen LogP contribution in [0.2, 0.25) is 0 Å². The second kappa shape index (κ2) is 9.93. The number of rotatable bonds is 9. The van der Waals surface area contributed by atoms with E-state index in [9.17, 15) is 18.0 Å². The standard InChI is InChI=1S/C26H24N2O5S/c29-24(19-33-22-14-6-2-7-15-22)27-26(34(31,32)23-16-8-3-9-17-23)20-28(25(26)30)18-10-13-21-11-4-1-5-12-21/h1-17H,18-20H2,(H,27,29)/t26-/m0/s1. The molecule has 0 spiro atoms. The molecule has 1 fully saturated rings. The van der Waals surface area contributed by atoms with Gasteiger partial charge < -0.3 is 15.0 Å². The van der Waals surface area contributed by atoms with Crippen molar-refractivity contribution in [3.63, 3.8) is 0 Å². The molecule has 2 amide bonds. The molecular formula is C26H24N2O5S. The average Bonchev–Trinajstić information content (AvgIpc) is 2.87. The van der Waals surface area contributed by atoms with Gasteiger partial charge in [0.15, 0.2) is 6.61 Å². The zero-order valence-corrected chi connectivity index (χ0v) is 19.1. The van der Waals surface area contributed by atoms with Gasteiger partial charge in [-0.1, -0.05) is 78.9 Å². The van der Waals surface area contributed by atoms with Crippen molar-refractivity contribution < 1.29 is 22.7 Å². The molecule has 0 bridgehead atoms. The van der Waals surface area contributed by atoms with E-state index < -0.39 is 33.1 Å². The number of amides is 2. The number of ether oxygens (including phenoxy) is 1. The third kappa shape index (κ3) is 4.72. The minimum atomic E-state index is -4.20. The minimum Gasteiger partial charge on any atom is -0.484 e. The van der Waals surface area contributed by atoms with Crippen molar-refractivity contribution in [2.75, 3.05) is 19.7 Å². The molecule has 0 radical (unpaired) electrons. The normalized spacial score (nSPS) is 17.9. The molecule has 1 saturated heterocycles. The smallest absolute Gasteiger partial charge is 0.266 e. The number of benzene rings is 3. The van der Waals surface area contributed by atoms with E-state index in [1.54, 1.807) is 48.5 Å². The first-order valence-corrected chi connectivity index (χ1v) is 12.2. The van der Waals surface area contributed by atoms with Crippen LogP contribution in [0.25, 0.3) is 6.08 Å². The number of nitrogens with zero attached hydrogens (tertiary/aromatic N) is 1. The number of sulfone groups is 1. The van der Waals surface area contributed by atoms with Gasteiger partial charge in [0.1, 0.15) is 5.75 Å². The van der Waals surface area contributed by atoms with Gasteiger partial charge in [0.25, 0.3) is 11.8 Å². The Morgan fingerprint density at radius 3 is 2.15 bits per heavy atom. The van der Waals surface area contributed by atoms with E-state index in [1.807, 2.05) is 42.5 Å². The highest BCUT2D eigenvalue weighted by Crippen LogP contribution is 2.34. The Morgan fingerprint density at radius 1 is 0.941 bits per heavy atom. The van der Waals surface area contributed by atoms with Gasteiger partial charge in [-0.15, -0.1) is 0 Å². The van der Waals surface area contributed by atoms with Crippen molar-refractivity contribution in [2.45, 2.75) is 9.77 Å². The highest BCUT2D eigenvalue weighted by Gasteiger charge is 2.62. The zero-order chi connectivity index (χ0) is 24.0. The fourth-order valence-electron chi connectivity index (χ4n) is 3.69. The van der Waals surface area contributed by atoms with Gasteiger partial charge in [0.2, 0.25) is 14.7 Å². The third-order valence-electron chi connectivity index (χ3n) is 5.45. The van der Waals surface area contributed by atoms with Crippen LogP contribution in [0.4, 0.5) is 0 Å². The van der Waals surface area contributed by atoms with Crippen LogP contribution >= 0.6 is 0 Å². The number of hydrogen-bond donors (Lipinski definition) is 1. The molecule has 0 aliphatic carbocycles. The number of likely N-dealkylation sites (tertiary alicyclic amines) is 1. The highest BCUT2D eigenvalue weighted by molar-refractivity contribution is 7.93. The second-order valence-electron chi connectivity index (χ2n) is 7.79. The van der Waals surface area contributed by atoms with Gasteiger partial charge in [-0.3, -0.25) is 9.59 Å². The van der Waals surface area contributed by atoms with Crippen molar-refractivity contribution in [2.24, 2.45) is 0 Å². The van der Waals surface area contributed by atoms with Crippen LogP contribution in [0.1, 0.15) is 5.56 Å². The SMILES string of the molecule is O=C(COc1ccccc1)N[C@]1(S(=O)(=O)c2ccccc2)CN(CC=Cc2ccccc2)C1=O. The van der Waals surface area contributed by atoms with E-state index in [1.165, 1.54) is 17.0 Å². The van der Waals surface area contributed by atoms with E-state index in [0.717, 1.165) is 5.56 Å². The van der Waals surface area contributed by atoms with E-state index >= 15 is 0 Å². The van der Waals surface area contributed by atoms with Crippen LogP contribution in [0.3, 0.4) is 0 Å². The van der Waals surface area contributed by atoms with Gasteiger partial charge in [-0.25, -0.2) is 8.42 Å². The lowest BCUT2D eigenvalue weighted by molar-refractivity contribution is -0.149. The Labute approximate surface area is 198 Å². The van der Waals surface area contributed by atoms with Crippen LogP contribution < -0.4 is 10.1 Å². The molecule has 3 aromatic rings. The molecular weight excluding hydrogens is 452 g/mol. The molecule has 4 rings (SSSR count). The molecule has 34 heavy (non-hydrogen) atoms. The first kappa shape index (κ1) is 23.3. The number of para-hydroxylation sites is 1. The van der Waals surface area contributed by atoms with Crippen LogP contribution in [0.15, 0.2) is 102 Å². The van der Waals surface area contributed by atoms with Crippen LogP contribution in [-0.2, 0) is 19.4 Å². The van der Waals surface area contributed by atoms with Crippen LogP contribution in [0, 0.1) is 0 Å². The molecule has 1 atom stereocenters. The fourth-order valence-corrected chi connectivity index (χ4v) is 5.54. The Morgan fingerprint density at radius 2 is 1.53 bits per heavy atom. The maximum Gasteiger partial charge on any atom is 0.266 e. The summed E-state index contributed by atoms with van der Waals surface area (Å²) in [4.78, 5) is 25.2. The third-order valence-corrected chi connectivity index (χ3v) is 7.66. The van der Waals surface area contributed by atoms with Crippen LogP contribution in [0.5, 0.6) is 5.75 Å². The molecule has 1 aliphatic heterocycles. The van der Waals surface area contributed by atoms with Crippen molar-refractivity contribution in [1.82, 2.24) is 10.2 Å². The largest absolute Gasteiger partial charge is 0.484 e. The Bertz CT molecular complexity index is 1280. The fraction of sp³-hybridized carbons (Fsp3) is 0.154. The molecule has 0 saturated carbocycles. The number of carbonyl (C=O) groups excluding carboxylic acids is 2. The summed E-state index contributed by atoms with van der Waals surface area (Å²) in [5, 5.41) is 2.46. The topological polar surface area (TPSA) is 92.8 Å². The summed E-state index contributed by atoms with van der Waals surface area (Å²) in [5.41, 5.74) is 0.963. The molecule has 0 unspecified atom stereocenters. The van der Waals surface area contributed by atoms with Gasteiger partial charge in [0.05, 0.1) is 11.4 Å². The van der Waals surface area contributed by atoms with Crippen molar-refractivity contribution in [3.8, 4) is 5.75 Å². The van der Waals surface area contributed by atoms with Gasteiger partial charge in [-0.2, -0.15) is 0 Å². The van der Waals surface area contributed by atoms with Gasteiger partial charge >= 0.3 is 0 Å². The summed E-state index contributed by atoms with van der Waals surface area (Å²) >= 11 is 0. The van der Waals surface area contributed by atoms with E-state index in [0.29, 0.717) is 5.75 Å². The molecule has 3 aromatic carbocycles. The van der Waals surface area contributed by atoms with Crippen molar-refractivity contribution >= 4 is 27.7 Å². The summed E-state index contributed by atoms with van der Waals surface area (Å²) in [7, 11) is -4.20. The van der Waals surface area contributed by atoms with Crippen molar-refractivity contribution in [1.29, 1.82) is 0 Å².